The second-order valence-electron chi connectivity index (χ2n) is 7.51. The molecule has 0 bridgehead atoms. The van der Waals surface area contributed by atoms with Gasteiger partial charge in [-0.3, -0.25) is 9.59 Å². The number of fused-ring (bicyclic) bond motifs is 1. The van der Waals surface area contributed by atoms with E-state index in [1.807, 2.05) is 37.4 Å². The Balaban J connectivity index is 1.59. The van der Waals surface area contributed by atoms with Crippen molar-refractivity contribution >= 4 is 22.4 Å². The molecule has 0 saturated carbocycles. The molecule has 1 fully saturated rings. The van der Waals surface area contributed by atoms with Crippen molar-refractivity contribution in [3.8, 4) is 5.75 Å². The number of carbonyl (C=O) groups excluding carboxylic acids is 1. The molecule has 0 spiro atoms. The molecular weight excluding hydrogens is 380 g/mol. The number of nitrogens with zero attached hydrogens (tertiary/aromatic N) is 1. The van der Waals surface area contributed by atoms with Crippen LogP contribution in [0.2, 0.25) is 0 Å². The molecular formula is C24H26N2O4. The summed E-state index contributed by atoms with van der Waals surface area (Å²) < 4.78 is 12.7. The number of benzene rings is 2. The normalized spacial score (nSPS) is 14.6. The minimum atomic E-state index is -0.240. The van der Waals surface area contributed by atoms with Gasteiger partial charge in [0.1, 0.15) is 5.75 Å². The van der Waals surface area contributed by atoms with Gasteiger partial charge in [-0.1, -0.05) is 12.1 Å². The van der Waals surface area contributed by atoms with Gasteiger partial charge in [0.15, 0.2) is 0 Å². The number of carbonyl (C=O) groups is 1. The number of ether oxygens (including phenoxy) is 2. The highest BCUT2D eigenvalue weighted by molar-refractivity contribution is 6.09. The minimum absolute atomic E-state index is 0.0339. The zero-order chi connectivity index (χ0) is 20.9. The number of nitrogens with one attached hydrogen (secondary N) is 1. The lowest BCUT2D eigenvalue weighted by Crippen LogP contribution is -2.27. The first-order valence-corrected chi connectivity index (χ1v) is 10.4. The van der Waals surface area contributed by atoms with Crippen molar-refractivity contribution in [2.75, 3.05) is 25.1 Å². The van der Waals surface area contributed by atoms with E-state index in [-0.39, 0.29) is 11.5 Å². The van der Waals surface area contributed by atoms with Gasteiger partial charge in [-0.25, -0.2) is 0 Å². The lowest BCUT2D eigenvalue weighted by Gasteiger charge is -2.23. The second kappa shape index (κ2) is 9.13. The largest absolute Gasteiger partial charge is 0.494 e. The van der Waals surface area contributed by atoms with Crippen LogP contribution in [-0.2, 0) is 11.3 Å². The first-order chi connectivity index (χ1) is 14.7. The maximum atomic E-state index is 13.0. The Bertz CT molecular complexity index is 1100. The van der Waals surface area contributed by atoms with E-state index in [1.54, 1.807) is 28.8 Å². The van der Waals surface area contributed by atoms with Crippen LogP contribution in [0.3, 0.4) is 0 Å². The van der Waals surface area contributed by atoms with Crippen LogP contribution in [0.1, 0.15) is 30.1 Å². The van der Waals surface area contributed by atoms with E-state index in [9.17, 15) is 9.59 Å². The molecule has 0 atom stereocenters. The molecule has 1 aliphatic rings. The SMILES string of the molecule is CCOc1cccc(C(=O)Nc2cccc3c(=O)n(CC4CCOCC4)ccc23)c1. The number of hydrogen-bond donors (Lipinski definition) is 1. The Morgan fingerprint density at radius 3 is 2.73 bits per heavy atom. The molecule has 2 aromatic carbocycles. The molecule has 30 heavy (non-hydrogen) atoms. The summed E-state index contributed by atoms with van der Waals surface area (Å²) in [5, 5.41) is 4.28. The molecule has 2 heterocycles. The van der Waals surface area contributed by atoms with Crippen LogP contribution in [0.4, 0.5) is 5.69 Å². The molecule has 6 nitrogen and oxygen atoms in total. The summed E-state index contributed by atoms with van der Waals surface area (Å²) in [6.45, 7) is 4.65. The van der Waals surface area contributed by atoms with Crippen LogP contribution < -0.4 is 15.6 Å². The van der Waals surface area contributed by atoms with Gasteiger partial charge < -0.3 is 19.4 Å². The Morgan fingerprint density at radius 1 is 1.13 bits per heavy atom. The van der Waals surface area contributed by atoms with Gasteiger partial charge in [-0.15, -0.1) is 0 Å². The van der Waals surface area contributed by atoms with Gasteiger partial charge in [0.05, 0.1) is 6.61 Å². The summed E-state index contributed by atoms with van der Waals surface area (Å²) in [7, 11) is 0. The van der Waals surface area contributed by atoms with Crippen molar-refractivity contribution in [2.24, 2.45) is 5.92 Å². The smallest absolute Gasteiger partial charge is 0.258 e. The van der Waals surface area contributed by atoms with E-state index < -0.39 is 0 Å². The third-order valence-electron chi connectivity index (χ3n) is 5.47. The van der Waals surface area contributed by atoms with E-state index in [0.29, 0.717) is 41.5 Å². The van der Waals surface area contributed by atoms with E-state index >= 15 is 0 Å². The van der Waals surface area contributed by atoms with Crippen molar-refractivity contribution in [1.29, 1.82) is 0 Å². The topological polar surface area (TPSA) is 69.6 Å². The maximum absolute atomic E-state index is 13.0. The molecule has 1 N–H and O–H groups in total. The molecule has 1 saturated heterocycles. The molecule has 4 rings (SSSR count). The van der Waals surface area contributed by atoms with Crippen LogP contribution in [0.5, 0.6) is 5.75 Å². The highest BCUT2D eigenvalue weighted by Gasteiger charge is 2.16. The van der Waals surface area contributed by atoms with E-state index in [0.717, 1.165) is 31.4 Å². The Hall–Kier alpha value is -3.12. The highest BCUT2D eigenvalue weighted by atomic mass is 16.5. The summed E-state index contributed by atoms with van der Waals surface area (Å²) >= 11 is 0. The minimum Gasteiger partial charge on any atom is -0.494 e. The molecule has 1 aliphatic heterocycles. The van der Waals surface area contributed by atoms with Crippen molar-refractivity contribution in [3.63, 3.8) is 0 Å². The first-order valence-electron chi connectivity index (χ1n) is 10.4. The molecule has 0 radical (unpaired) electrons. The van der Waals surface area contributed by atoms with E-state index in [1.165, 1.54) is 0 Å². The highest BCUT2D eigenvalue weighted by Crippen LogP contribution is 2.23. The fourth-order valence-corrected chi connectivity index (χ4v) is 3.87. The van der Waals surface area contributed by atoms with Crippen LogP contribution in [-0.4, -0.2) is 30.3 Å². The molecule has 0 aliphatic carbocycles. The Morgan fingerprint density at radius 2 is 1.93 bits per heavy atom. The third-order valence-corrected chi connectivity index (χ3v) is 5.47. The molecule has 0 unspecified atom stereocenters. The van der Waals surface area contributed by atoms with Gasteiger partial charge in [-0.05, 0) is 62.1 Å². The van der Waals surface area contributed by atoms with Crippen LogP contribution in [0, 0.1) is 5.92 Å². The number of hydrogen-bond acceptors (Lipinski definition) is 4. The van der Waals surface area contributed by atoms with Crippen LogP contribution >= 0.6 is 0 Å². The van der Waals surface area contributed by atoms with E-state index in [4.69, 9.17) is 9.47 Å². The average molecular weight is 406 g/mol. The average Bonchev–Trinajstić information content (AvgIpc) is 2.77. The second-order valence-corrected chi connectivity index (χ2v) is 7.51. The fourth-order valence-electron chi connectivity index (χ4n) is 3.87. The van der Waals surface area contributed by atoms with Crippen molar-refractivity contribution in [1.82, 2.24) is 4.57 Å². The lowest BCUT2D eigenvalue weighted by atomic mass is 10.00. The first kappa shape index (κ1) is 20.2. The van der Waals surface area contributed by atoms with Crippen molar-refractivity contribution in [2.45, 2.75) is 26.3 Å². The predicted octanol–water partition coefficient (Wildman–Crippen LogP) is 4.08. The number of pyridine rings is 1. The summed E-state index contributed by atoms with van der Waals surface area (Å²) in [6.07, 6.45) is 3.77. The summed E-state index contributed by atoms with van der Waals surface area (Å²) in [5.74, 6) is 0.865. The van der Waals surface area contributed by atoms with Gasteiger partial charge >= 0.3 is 0 Å². The predicted molar refractivity (Wildman–Crippen MR) is 117 cm³/mol. The third kappa shape index (κ3) is 4.39. The molecule has 3 aromatic rings. The Kier molecular flexibility index (Phi) is 6.14. The maximum Gasteiger partial charge on any atom is 0.258 e. The van der Waals surface area contributed by atoms with E-state index in [2.05, 4.69) is 5.32 Å². The summed E-state index contributed by atoms with van der Waals surface area (Å²) in [4.78, 5) is 25.8. The monoisotopic (exact) mass is 406 g/mol. The zero-order valence-corrected chi connectivity index (χ0v) is 17.1. The quantitative estimate of drug-likeness (QED) is 0.670. The van der Waals surface area contributed by atoms with Gasteiger partial charge in [-0.2, -0.15) is 0 Å². The zero-order valence-electron chi connectivity index (χ0n) is 17.1. The number of amides is 1. The van der Waals surface area contributed by atoms with Crippen LogP contribution in [0.15, 0.2) is 59.5 Å². The summed E-state index contributed by atoms with van der Waals surface area (Å²) in [5.41, 5.74) is 1.09. The number of aromatic nitrogens is 1. The van der Waals surface area contributed by atoms with Crippen molar-refractivity contribution in [3.05, 3.63) is 70.6 Å². The molecule has 1 amide bonds. The van der Waals surface area contributed by atoms with Gasteiger partial charge in [0.25, 0.3) is 11.5 Å². The lowest BCUT2D eigenvalue weighted by molar-refractivity contribution is 0.0610. The summed E-state index contributed by atoms with van der Waals surface area (Å²) in [6, 6.07) is 14.4. The number of anilines is 1. The molecule has 156 valence electrons. The van der Waals surface area contributed by atoms with Crippen LogP contribution in [0.25, 0.3) is 10.8 Å². The molecule has 6 heteroatoms. The molecule has 1 aromatic heterocycles. The van der Waals surface area contributed by atoms with Crippen molar-refractivity contribution < 1.29 is 14.3 Å². The van der Waals surface area contributed by atoms with Gasteiger partial charge in [0.2, 0.25) is 0 Å². The van der Waals surface area contributed by atoms with Gasteiger partial charge in [0, 0.05) is 48.0 Å². The Labute approximate surface area is 175 Å². The fraction of sp³-hybridized carbons (Fsp3) is 0.333. The standard InChI is InChI=1S/C24H26N2O4/c1-2-30-19-6-3-5-18(15-19)23(27)25-22-8-4-7-21-20(22)9-12-26(24(21)28)16-17-10-13-29-14-11-17/h3-9,12,15,17H,2,10-11,13-14,16H2,1H3,(H,25,27). The number of rotatable bonds is 6.